The average Bonchev–Trinajstić information content (AvgIpc) is 3.48. The summed E-state index contributed by atoms with van der Waals surface area (Å²) in [7, 11) is 0. The highest BCUT2D eigenvalue weighted by atomic mass is 16.7. The van der Waals surface area contributed by atoms with Crippen LogP contribution in [0.3, 0.4) is 0 Å². The number of carbonyl (C=O) groups is 1. The number of nitrogens with zero attached hydrogens (tertiary/aromatic N) is 3. The highest BCUT2D eigenvalue weighted by Crippen LogP contribution is 2.32. The van der Waals surface area contributed by atoms with Gasteiger partial charge in [0.2, 0.25) is 24.4 Å². The number of aromatic nitrogens is 2. The summed E-state index contributed by atoms with van der Waals surface area (Å²) in [5.74, 6) is 2.81. The molecule has 166 valence electrons. The van der Waals surface area contributed by atoms with Gasteiger partial charge in [-0.05, 0) is 50.6 Å². The van der Waals surface area contributed by atoms with Gasteiger partial charge in [-0.1, -0.05) is 41.1 Å². The molecule has 2 aliphatic heterocycles. The summed E-state index contributed by atoms with van der Waals surface area (Å²) in [5, 5.41) is 7.16. The molecule has 1 amide bonds. The Balaban J connectivity index is 1.09. The van der Waals surface area contributed by atoms with Crippen molar-refractivity contribution in [2.75, 3.05) is 19.9 Å². The first-order chi connectivity index (χ1) is 15.6. The normalized spacial score (nSPS) is 16.3. The van der Waals surface area contributed by atoms with Crippen molar-refractivity contribution in [1.82, 2.24) is 20.4 Å². The zero-order valence-electron chi connectivity index (χ0n) is 18.0. The number of fused-ring (bicyclic) bond motifs is 1. The Labute approximate surface area is 186 Å². The zero-order chi connectivity index (χ0) is 21.9. The van der Waals surface area contributed by atoms with E-state index >= 15 is 0 Å². The van der Waals surface area contributed by atoms with Crippen LogP contribution in [0.2, 0.25) is 0 Å². The van der Waals surface area contributed by atoms with E-state index in [1.54, 1.807) is 0 Å². The molecule has 8 nitrogen and oxygen atoms in total. The van der Waals surface area contributed by atoms with Gasteiger partial charge in [0.05, 0.1) is 6.54 Å². The summed E-state index contributed by atoms with van der Waals surface area (Å²) in [6.07, 6.45) is 1.62. The molecule has 0 radical (unpaired) electrons. The number of ether oxygens (including phenoxy) is 2. The van der Waals surface area contributed by atoms with Crippen LogP contribution in [0.5, 0.6) is 11.5 Å². The second kappa shape index (κ2) is 9.00. The highest BCUT2D eigenvalue weighted by Gasteiger charge is 2.26. The van der Waals surface area contributed by atoms with Gasteiger partial charge in [0, 0.05) is 18.0 Å². The maximum Gasteiger partial charge on any atom is 0.241 e. The predicted molar refractivity (Wildman–Crippen MR) is 117 cm³/mol. The van der Waals surface area contributed by atoms with Crippen LogP contribution in [-0.2, 0) is 17.9 Å². The number of hydrogen-bond acceptors (Lipinski definition) is 7. The van der Waals surface area contributed by atoms with E-state index in [0.29, 0.717) is 24.8 Å². The molecule has 1 fully saturated rings. The van der Waals surface area contributed by atoms with E-state index in [1.165, 1.54) is 5.56 Å². The third-order valence-corrected chi connectivity index (χ3v) is 6.00. The Morgan fingerprint density at radius 2 is 1.88 bits per heavy atom. The third kappa shape index (κ3) is 4.60. The number of piperidine rings is 1. The van der Waals surface area contributed by atoms with E-state index in [4.69, 9.17) is 14.0 Å². The van der Waals surface area contributed by atoms with Crippen LogP contribution in [0, 0.1) is 12.8 Å². The molecule has 0 atom stereocenters. The van der Waals surface area contributed by atoms with Gasteiger partial charge in [-0.25, -0.2) is 0 Å². The van der Waals surface area contributed by atoms with Gasteiger partial charge in [0.15, 0.2) is 11.5 Å². The third-order valence-electron chi connectivity index (χ3n) is 6.00. The molecule has 2 aromatic carbocycles. The van der Waals surface area contributed by atoms with Crippen molar-refractivity contribution in [2.45, 2.75) is 32.9 Å². The van der Waals surface area contributed by atoms with E-state index in [-0.39, 0.29) is 18.6 Å². The maximum absolute atomic E-state index is 12.6. The van der Waals surface area contributed by atoms with Gasteiger partial charge in [0.25, 0.3) is 0 Å². The molecule has 0 unspecified atom stereocenters. The largest absolute Gasteiger partial charge is 0.454 e. The lowest BCUT2D eigenvalue weighted by Gasteiger charge is -2.30. The second-order valence-electron chi connectivity index (χ2n) is 8.33. The topological polar surface area (TPSA) is 89.7 Å². The van der Waals surface area contributed by atoms with Crippen molar-refractivity contribution in [3.63, 3.8) is 0 Å². The van der Waals surface area contributed by atoms with Crippen molar-refractivity contribution in [3.8, 4) is 22.9 Å². The molecular weight excluding hydrogens is 408 g/mol. The second-order valence-corrected chi connectivity index (χ2v) is 8.33. The van der Waals surface area contributed by atoms with Gasteiger partial charge < -0.3 is 19.3 Å². The Hall–Kier alpha value is -3.39. The number of hydrogen-bond donors (Lipinski definition) is 1. The van der Waals surface area contributed by atoms with Crippen LogP contribution in [-0.4, -0.2) is 40.8 Å². The monoisotopic (exact) mass is 434 g/mol. The molecule has 0 aliphatic carbocycles. The predicted octanol–water partition coefficient (Wildman–Crippen LogP) is 3.30. The number of amides is 1. The molecule has 0 bridgehead atoms. The fourth-order valence-corrected chi connectivity index (χ4v) is 4.07. The standard InChI is InChI=1S/C24H26N4O4/c1-16-2-5-18(6-3-16)23-26-22(32-27-23)14-28-10-8-19(9-11-28)24(29)25-13-17-4-7-20-21(12-17)31-15-30-20/h2-7,12,19H,8-11,13-15H2,1H3,(H,25,29). The number of benzene rings is 2. The molecule has 1 saturated heterocycles. The molecule has 1 aromatic heterocycles. The van der Waals surface area contributed by atoms with Crippen LogP contribution in [0.25, 0.3) is 11.4 Å². The molecule has 5 rings (SSSR count). The minimum Gasteiger partial charge on any atom is -0.454 e. The fourth-order valence-electron chi connectivity index (χ4n) is 4.07. The van der Waals surface area contributed by atoms with Crippen molar-refractivity contribution < 1.29 is 18.8 Å². The Kier molecular flexibility index (Phi) is 5.77. The average molecular weight is 434 g/mol. The number of likely N-dealkylation sites (tertiary alicyclic amines) is 1. The summed E-state index contributed by atoms with van der Waals surface area (Å²) in [6.45, 7) is 5.03. The van der Waals surface area contributed by atoms with Crippen molar-refractivity contribution in [3.05, 3.63) is 59.5 Å². The van der Waals surface area contributed by atoms with E-state index in [2.05, 4.69) is 20.4 Å². The van der Waals surface area contributed by atoms with Crippen LogP contribution in [0.15, 0.2) is 47.0 Å². The summed E-state index contributed by atoms with van der Waals surface area (Å²) in [4.78, 5) is 19.4. The number of aryl methyl sites for hydroxylation is 1. The molecular formula is C24H26N4O4. The number of nitrogens with one attached hydrogen (secondary N) is 1. The van der Waals surface area contributed by atoms with Crippen LogP contribution in [0.1, 0.15) is 29.9 Å². The first-order valence-electron chi connectivity index (χ1n) is 10.9. The van der Waals surface area contributed by atoms with Crippen LogP contribution >= 0.6 is 0 Å². The molecule has 0 spiro atoms. The van der Waals surface area contributed by atoms with E-state index in [9.17, 15) is 4.79 Å². The maximum atomic E-state index is 12.6. The zero-order valence-corrected chi connectivity index (χ0v) is 18.0. The van der Waals surface area contributed by atoms with E-state index in [0.717, 1.165) is 48.6 Å². The Morgan fingerprint density at radius 1 is 1.09 bits per heavy atom. The van der Waals surface area contributed by atoms with Gasteiger partial charge in [-0.2, -0.15) is 4.98 Å². The van der Waals surface area contributed by atoms with Crippen molar-refractivity contribution in [2.24, 2.45) is 5.92 Å². The fraction of sp³-hybridized carbons (Fsp3) is 0.375. The van der Waals surface area contributed by atoms with Gasteiger partial charge in [-0.15, -0.1) is 0 Å². The van der Waals surface area contributed by atoms with Crippen molar-refractivity contribution >= 4 is 5.91 Å². The highest BCUT2D eigenvalue weighted by molar-refractivity contribution is 5.78. The lowest BCUT2D eigenvalue weighted by molar-refractivity contribution is -0.126. The molecule has 0 saturated carbocycles. The SMILES string of the molecule is Cc1ccc(-c2noc(CN3CCC(C(=O)NCc4ccc5c(c4)OCO5)CC3)n2)cc1. The Bertz CT molecular complexity index is 1090. The first kappa shape index (κ1) is 20.5. The summed E-state index contributed by atoms with van der Waals surface area (Å²) < 4.78 is 16.2. The van der Waals surface area contributed by atoms with E-state index in [1.807, 2.05) is 49.4 Å². The van der Waals surface area contributed by atoms with E-state index < -0.39 is 0 Å². The molecule has 3 heterocycles. The number of carbonyl (C=O) groups excluding carboxylic acids is 1. The number of rotatable bonds is 6. The van der Waals surface area contributed by atoms with Crippen molar-refractivity contribution in [1.29, 1.82) is 0 Å². The lowest BCUT2D eigenvalue weighted by Crippen LogP contribution is -2.40. The summed E-state index contributed by atoms with van der Waals surface area (Å²) >= 11 is 0. The first-order valence-corrected chi connectivity index (χ1v) is 10.9. The minimum absolute atomic E-state index is 0.0195. The summed E-state index contributed by atoms with van der Waals surface area (Å²) in [6, 6.07) is 13.8. The molecule has 3 aromatic rings. The Morgan fingerprint density at radius 3 is 2.69 bits per heavy atom. The van der Waals surface area contributed by atoms with Gasteiger partial charge in [-0.3, -0.25) is 9.69 Å². The van der Waals surface area contributed by atoms with Gasteiger partial charge >= 0.3 is 0 Å². The smallest absolute Gasteiger partial charge is 0.241 e. The molecule has 2 aliphatic rings. The van der Waals surface area contributed by atoms with Gasteiger partial charge in [0.1, 0.15) is 0 Å². The van der Waals surface area contributed by atoms with Crippen LogP contribution < -0.4 is 14.8 Å². The quantitative estimate of drug-likeness (QED) is 0.637. The summed E-state index contributed by atoms with van der Waals surface area (Å²) in [5.41, 5.74) is 3.14. The van der Waals surface area contributed by atoms with Crippen LogP contribution in [0.4, 0.5) is 0 Å². The molecule has 1 N–H and O–H groups in total. The minimum atomic E-state index is 0.0195. The molecule has 8 heteroatoms. The lowest BCUT2D eigenvalue weighted by atomic mass is 9.96. The molecule has 32 heavy (non-hydrogen) atoms.